The van der Waals surface area contributed by atoms with Gasteiger partial charge in [0.1, 0.15) is 0 Å². The summed E-state index contributed by atoms with van der Waals surface area (Å²) in [5, 5.41) is 3.47. The summed E-state index contributed by atoms with van der Waals surface area (Å²) in [5.41, 5.74) is 1.69. The highest BCUT2D eigenvalue weighted by molar-refractivity contribution is 6.16. The molecule has 0 saturated heterocycles. The second-order valence-electron chi connectivity index (χ2n) is 12.8. The lowest BCUT2D eigenvalue weighted by Crippen LogP contribution is -2.10. The minimum absolute atomic E-state index is 0.0386. The van der Waals surface area contributed by atoms with Crippen molar-refractivity contribution >= 4 is 49.6 Å². The van der Waals surface area contributed by atoms with Gasteiger partial charge in [-0.3, -0.25) is 0 Å². The van der Waals surface area contributed by atoms with E-state index in [1.165, 1.54) is 0 Å². The maximum atomic E-state index is 10.1. The van der Waals surface area contributed by atoms with E-state index in [4.69, 9.17) is 0 Å². The van der Waals surface area contributed by atoms with Crippen LogP contribution in [0.25, 0.3) is 71.6 Å². The Bertz CT molecular complexity index is 3460. The summed E-state index contributed by atoms with van der Waals surface area (Å²) < 4.78 is 116. The van der Waals surface area contributed by atoms with Crippen molar-refractivity contribution < 1.29 is 16.4 Å². The van der Waals surface area contributed by atoms with Crippen LogP contribution in [0.3, 0.4) is 0 Å². The Labute approximate surface area is 332 Å². The van der Waals surface area contributed by atoms with Crippen LogP contribution in [-0.2, 0) is 0 Å². The third kappa shape index (κ3) is 5.62. The number of benzene rings is 9. The largest absolute Gasteiger partial charge is 0.310 e. The van der Waals surface area contributed by atoms with Gasteiger partial charge in [0.25, 0.3) is 0 Å². The van der Waals surface area contributed by atoms with Crippen molar-refractivity contribution in [3.63, 3.8) is 0 Å². The van der Waals surface area contributed by atoms with Crippen LogP contribution < -0.4 is 4.90 Å². The Morgan fingerprint density at radius 1 is 0.407 bits per heavy atom. The molecule has 0 aliphatic heterocycles. The molecule has 0 bridgehead atoms. The first kappa shape index (κ1) is 21.4. The van der Waals surface area contributed by atoms with E-state index in [0.717, 1.165) is 37.8 Å². The first-order valence-corrected chi connectivity index (χ1v) is 17.5. The molecule has 0 N–H and O–H groups in total. The molecular weight excluding hydrogens is 653 g/mol. The van der Waals surface area contributed by atoms with E-state index in [1.54, 1.807) is 72.8 Å². The molecule has 0 amide bonds. The summed E-state index contributed by atoms with van der Waals surface area (Å²) in [7, 11) is 0. The van der Waals surface area contributed by atoms with E-state index in [0.29, 0.717) is 22.1 Å². The summed E-state index contributed by atoms with van der Waals surface area (Å²) in [6.07, 6.45) is 0. The predicted molar refractivity (Wildman–Crippen MR) is 229 cm³/mol. The average Bonchev–Trinajstić information content (AvgIpc) is 3.68. The fourth-order valence-electron chi connectivity index (χ4n) is 7.07. The standard InChI is InChI=1S/C52H36N2/c1-3-13-37(14-4-1)40-25-30-44(31-26-40)53(45-32-27-41(28-33-45)38-15-5-2-6-16-38)46-20-11-19-43(36-46)48-22-12-24-51-52(48)49-21-9-10-23-50(49)54(51)47-34-29-39-17-7-8-18-42(39)35-47/h1-36H/i11D,19D,20D,25D,26D,27D,28D,30D,31D,32D,33D,36D. The van der Waals surface area contributed by atoms with Gasteiger partial charge in [-0.2, -0.15) is 0 Å². The number of para-hydroxylation sites is 1. The normalized spacial score (nSPS) is 14.4. The third-order valence-corrected chi connectivity index (χ3v) is 9.59. The lowest BCUT2D eigenvalue weighted by Gasteiger charge is -2.26. The van der Waals surface area contributed by atoms with Crippen LogP contribution in [0.1, 0.15) is 16.4 Å². The van der Waals surface area contributed by atoms with Gasteiger partial charge in [-0.25, -0.2) is 0 Å². The van der Waals surface area contributed by atoms with Gasteiger partial charge >= 0.3 is 0 Å². The molecule has 1 aromatic heterocycles. The highest BCUT2D eigenvalue weighted by atomic mass is 15.1. The van der Waals surface area contributed by atoms with E-state index < -0.39 is 89.6 Å². The zero-order chi connectivity index (χ0) is 46.3. The van der Waals surface area contributed by atoms with Gasteiger partial charge in [-0.1, -0.05) is 158 Å². The van der Waals surface area contributed by atoms with Crippen LogP contribution in [0, 0.1) is 0 Å². The molecule has 0 spiro atoms. The van der Waals surface area contributed by atoms with Crippen LogP contribution in [0.5, 0.6) is 0 Å². The van der Waals surface area contributed by atoms with Gasteiger partial charge in [0, 0.05) is 33.5 Å². The summed E-state index contributed by atoms with van der Waals surface area (Å²) in [6.45, 7) is 0. The monoisotopic (exact) mass is 700 g/mol. The van der Waals surface area contributed by atoms with Gasteiger partial charge in [-0.05, 0) is 105 Å². The zero-order valence-corrected chi connectivity index (χ0v) is 28.8. The lowest BCUT2D eigenvalue weighted by atomic mass is 9.98. The SMILES string of the molecule is [2H]c1c([2H])c(-c2cccc3c2c2ccccc2n3-c2ccc3ccccc3c2)c([2H])c(N(c2c([2H])c([2H])c(-c3ccccc3)c([2H])c2[2H])c2c([2H])c([2H])c(-c3ccccc3)c([2H])c2[2H])c1[2H]. The van der Waals surface area contributed by atoms with Crippen molar-refractivity contribution in [1.29, 1.82) is 0 Å². The average molecular weight is 701 g/mol. The van der Waals surface area contributed by atoms with Crippen LogP contribution in [-0.4, -0.2) is 4.57 Å². The van der Waals surface area contributed by atoms with E-state index in [2.05, 4.69) is 10.6 Å². The molecule has 0 aliphatic rings. The summed E-state index contributed by atoms with van der Waals surface area (Å²) in [6, 6.07) is 37.1. The first-order chi connectivity index (χ1) is 31.8. The molecule has 0 fully saturated rings. The third-order valence-electron chi connectivity index (χ3n) is 9.59. The molecule has 0 radical (unpaired) electrons. The number of hydrogen-bond acceptors (Lipinski definition) is 1. The molecule has 1 heterocycles. The molecular formula is C52H36N2. The van der Waals surface area contributed by atoms with Gasteiger partial charge in [0.15, 0.2) is 0 Å². The van der Waals surface area contributed by atoms with Gasteiger partial charge in [0.2, 0.25) is 0 Å². The molecule has 54 heavy (non-hydrogen) atoms. The minimum atomic E-state index is -0.729. The Balaban J connectivity index is 1.31. The lowest BCUT2D eigenvalue weighted by molar-refractivity contribution is 1.19. The fraction of sp³-hybridized carbons (Fsp3) is 0. The number of nitrogens with zero attached hydrogens (tertiary/aromatic N) is 2. The highest BCUT2D eigenvalue weighted by Crippen LogP contribution is 2.42. The van der Waals surface area contributed by atoms with Crippen LogP contribution in [0.2, 0.25) is 0 Å². The molecule has 2 nitrogen and oxygen atoms in total. The van der Waals surface area contributed by atoms with Crippen molar-refractivity contribution in [3.05, 3.63) is 218 Å². The predicted octanol–water partition coefficient (Wildman–Crippen LogP) is 14.4. The van der Waals surface area contributed by atoms with E-state index in [1.807, 2.05) is 66.7 Å². The topological polar surface area (TPSA) is 8.17 Å². The summed E-state index contributed by atoms with van der Waals surface area (Å²) in [5.74, 6) is 0. The maximum absolute atomic E-state index is 10.1. The fourth-order valence-corrected chi connectivity index (χ4v) is 7.07. The molecule has 9 aromatic carbocycles. The quantitative estimate of drug-likeness (QED) is 0.161. The number of aromatic nitrogens is 1. The molecule has 254 valence electrons. The maximum Gasteiger partial charge on any atom is 0.0651 e. The first-order valence-electron chi connectivity index (χ1n) is 23.5. The van der Waals surface area contributed by atoms with E-state index in [9.17, 15) is 16.4 Å². The van der Waals surface area contributed by atoms with Crippen molar-refractivity contribution in [2.24, 2.45) is 0 Å². The summed E-state index contributed by atoms with van der Waals surface area (Å²) in [4.78, 5) is 0.898. The van der Waals surface area contributed by atoms with Crippen molar-refractivity contribution in [3.8, 4) is 39.1 Å². The molecule has 0 unspecified atom stereocenters. The van der Waals surface area contributed by atoms with Gasteiger partial charge < -0.3 is 9.47 Å². The second kappa shape index (κ2) is 13.4. The Kier molecular flexibility index (Phi) is 5.32. The summed E-state index contributed by atoms with van der Waals surface area (Å²) >= 11 is 0. The smallest absolute Gasteiger partial charge is 0.0651 e. The number of rotatable bonds is 7. The second-order valence-corrected chi connectivity index (χ2v) is 12.8. The molecule has 2 heteroatoms. The van der Waals surface area contributed by atoms with Crippen LogP contribution >= 0.6 is 0 Å². The Morgan fingerprint density at radius 2 is 1.00 bits per heavy atom. The highest BCUT2D eigenvalue weighted by Gasteiger charge is 2.18. The molecule has 10 rings (SSSR count). The van der Waals surface area contributed by atoms with Crippen molar-refractivity contribution in [2.45, 2.75) is 0 Å². The molecule has 0 aliphatic carbocycles. The number of anilines is 3. The van der Waals surface area contributed by atoms with E-state index >= 15 is 0 Å². The van der Waals surface area contributed by atoms with Crippen LogP contribution in [0.15, 0.2) is 218 Å². The van der Waals surface area contributed by atoms with E-state index in [-0.39, 0.29) is 16.7 Å². The van der Waals surface area contributed by atoms with Crippen LogP contribution in [0.4, 0.5) is 17.1 Å². The minimum Gasteiger partial charge on any atom is -0.310 e. The Morgan fingerprint density at radius 3 is 1.69 bits per heavy atom. The van der Waals surface area contributed by atoms with Gasteiger partial charge in [-0.15, -0.1) is 0 Å². The van der Waals surface area contributed by atoms with Gasteiger partial charge in [0.05, 0.1) is 27.5 Å². The molecule has 0 atom stereocenters. The number of hydrogen-bond donors (Lipinski definition) is 0. The Hall–Kier alpha value is -7.16. The molecule has 0 saturated carbocycles. The number of fused-ring (bicyclic) bond motifs is 4. The van der Waals surface area contributed by atoms with Crippen molar-refractivity contribution in [2.75, 3.05) is 4.90 Å². The molecule has 10 aromatic rings. The van der Waals surface area contributed by atoms with Crippen molar-refractivity contribution in [1.82, 2.24) is 4.57 Å². The zero-order valence-electron chi connectivity index (χ0n) is 40.8.